The van der Waals surface area contributed by atoms with Crippen LogP contribution in [0.15, 0.2) is 42.1 Å². The molecule has 1 saturated carbocycles. The third-order valence-corrected chi connectivity index (χ3v) is 7.58. The van der Waals surface area contributed by atoms with Gasteiger partial charge in [-0.15, -0.1) is 0 Å². The average molecular weight is 569 g/mol. The van der Waals surface area contributed by atoms with Gasteiger partial charge < -0.3 is 10.1 Å². The summed E-state index contributed by atoms with van der Waals surface area (Å²) >= 11 is 0. The largest absolute Gasteiger partial charge is 0.494 e. The van der Waals surface area contributed by atoms with Gasteiger partial charge in [0.1, 0.15) is 11.3 Å². The minimum absolute atomic E-state index is 0.00373. The highest BCUT2D eigenvalue weighted by molar-refractivity contribution is 7.89. The number of alkyl halides is 3. The molecule has 0 spiro atoms. The van der Waals surface area contributed by atoms with Crippen molar-refractivity contribution in [2.45, 2.75) is 63.7 Å². The van der Waals surface area contributed by atoms with Crippen LogP contribution in [0.3, 0.4) is 0 Å². The number of sulfonamides is 1. The smallest absolute Gasteiger partial charge is 0.416 e. The first-order chi connectivity index (χ1) is 18.3. The SMILES string of the molecule is CCCCOc1ccc(C2(C(F)(F)F)CC(c3ccn(CC4CCC4)n3)=C(C(=O)NS(C)(=O)=O)C(=O)N2)cc1. The van der Waals surface area contributed by atoms with E-state index in [9.17, 15) is 31.2 Å². The molecule has 9 nitrogen and oxygen atoms in total. The number of unbranched alkanes of at least 4 members (excludes halogenated alkanes) is 1. The minimum Gasteiger partial charge on any atom is -0.494 e. The molecule has 1 aliphatic carbocycles. The van der Waals surface area contributed by atoms with Crippen molar-refractivity contribution in [2.75, 3.05) is 12.9 Å². The number of carbonyl (C=O) groups excluding carboxylic acids is 2. The van der Waals surface area contributed by atoms with Gasteiger partial charge in [0.15, 0.2) is 5.54 Å². The van der Waals surface area contributed by atoms with Crippen LogP contribution >= 0.6 is 0 Å². The third-order valence-electron chi connectivity index (χ3n) is 7.02. The number of hydrogen-bond donors (Lipinski definition) is 2. The van der Waals surface area contributed by atoms with Crippen molar-refractivity contribution in [2.24, 2.45) is 5.92 Å². The van der Waals surface area contributed by atoms with Crippen molar-refractivity contribution in [3.63, 3.8) is 0 Å². The minimum atomic E-state index is -4.98. The van der Waals surface area contributed by atoms with Crippen LogP contribution in [0.2, 0.25) is 0 Å². The molecule has 0 bridgehead atoms. The summed E-state index contributed by atoms with van der Waals surface area (Å²) < 4.78 is 76.8. The van der Waals surface area contributed by atoms with Crippen molar-refractivity contribution in [1.82, 2.24) is 19.8 Å². The molecule has 1 aromatic heterocycles. The molecule has 4 rings (SSSR count). The zero-order valence-electron chi connectivity index (χ0n) is 21.7. The Morgan fingerprint density at radius 3 is 2.49 bits per heavy atom. The third kappa shape index (κ3) is 6.29. The normalized spacial score (nSPS) is 20.4. The van der Waals surface area contributed by atoms with Crippen LogP contribution in [0.4, 0.5) is 13.2 Å². The first-order valence-electron chi connectivity index (χ1n) is 12.7. The van der Waals surface area contributed by atoms with E-state index in [2.05, 4.69) is 5.10 Å². The van der Waals surface area contributed by atoms with E-state index in [0.717, 1.165) is 32.1 Å². The molecule has 13 heteroatoms. The Hall–Kier alpha value is -3.35. The molecule has 1 unspecified atom stereocenters. The number of carbonyl (C=O) groups is 2. The number of ether oxygens (including phenoxy) is 1. The van der Waals surface area contributed by atoms with E-state index in [4.69, 9.17) is 4.74 Å². The topological polar surface area (TPSA) is 119 Å². The Kier molecular flexibility index (Phi) is 8.10. The summed E-state index contributed by atoms with van der Waals surface area (Å²) in [6.45, 7) is 2.94. The second kappa shape index (κ2) is 11.0. The standard InChI is InChI=1S/C26H31F3N4O5S/c1-3-4-14-38-19-10-8-18(9-11-19)25(26(27,28)29)15-20(21-12-13-33(31-21)16-17-6-5-7-17)22(23(34)30-25)24(35)32-39(2,36)37/h8-13,17H,3-7,14-16H2,1-2H3,(H,30,34)(H,32,35). The predicted octanol–water partition coefficient (Wildman–Crippen LogP) is 3.67. The molecule has 2 aliphatic rings. The molecule has 0 saturated heterocycles. The van der Waals surface area contributed by atoms with E-state index in [0.29, 0.717) is 31.1 Å². The number of amides is 2. The van der Waals surface area contributed by atoms with Gasteiger partial charge in [0.25, 0.3) is 11.8 Å². The first-order valence-corrected chi connectivity index (χ1v) is 14.6. The van der Waals surface area contributed by atoms with Crippen LogP contribution in [0, 0.1) is 5.92 Å². The van der Waals surface area contributed by atoms with Gasteiger partial charge in [-0.1, -0.05) is 31.9 Å². The van der Waals surface area contributed by atoms with E-state index in [1.54, 1.807) is 15.6 Å². The monoisotopic (exact) mass is 568 g/mol. The van der Waals surface area contributed by atoms with E-state index in [1.165, 1.54) is 30.3 Å². The van der Waals surface area contributed by atoms with Crippen molar-refractivity contribution in [3.8, 4) is 5.75 Å². The molecule has 2 heterocycles. The molecule has 1 atom stereocenters. The fourth-order valence-corrected chi connectivity index (χ4v) is 5.15. The number of rotatable bonds is 10. The lowest BCUT2D eigenvalue weighted by atomic mass is 9.77. The molecule has 2 N–H and O–H groups in total. The summed E-state index contributed by atoms with van der Waals surface area (Å²) in [5.74, 6) is -1.91. The molecule has 1 aliphatic heterocycles. The molecule has 212 valence electrons. The van der Waals surface area contributed by atoms with Gasteiger partial charge in [-0.25, -0.2) is 13.1 Å². The van der Waals surface area contributed by atoms with E-state index in [1.807, 2.05) is 12.2 Å². The molecule has 1 aromatic carbocycles. The van der Waals surface area contributed by atoms with Crippen LogP contribution in [0.25, 0.3) is 5.57 Å². The highest BCUT2D eigenvalue weighted by Gasteiger charge is 2.60. The number of nitrogens with zero attached hydrogens (tertiary/aromatic N) is 2. The summed E-state index contributed by atoms with van der Waals surface area (Å²) in [4.78, 5) is 26.1. The molecule has 39 heavy (non-hydrogen) atoms. The Labute approximate surface area is 224 Å². The van der Waals surface area contributed by atoms with Gasteiger partial charge in [-0.3, -0.25) is 14.3 Å². The predicted molar refractivity (Wildman–Crippen MR) is 137 cm³/mol. The van der Waals surface area contributed by atoms with Crippen molar-refractivity contribution in [1.29, 1.82) is 0 Å². The maximum absolute atomic E-state index is 14.8. The van der Waals surface area contributed by atoms with Crippen molar-refractivity contribution < 1.29 is 35.9 Å². The van der Waals surface area contributed by atoms with E-state index < -0.39 is 45.5 Å². The van der Waals surface area contributed by atoms with Crippen LogP contribution < -0.4 is 14.8 Å². The van der Waals surface area contributed by atoms with Crippen LogP contribution in [-0.4, -0.2) is 49.1 Å². The number of benzene rings is 1. The van der Waals surface area contributed by atoms with Crippen molar-refractivity contribution in [3.05, 3.63) is 53.4 Å². The molecule has 2 aromatic rings. The summed E-state index contributed by atoms with van der Waals surface area (Å²) in [6.07, 6.45) is 1.23. The van der Waals surface area contributed by atoms with Crippen LogP contribution in [0.5, 0.6) is 5.75 Å². The van der Waals surface area contributed by atoms with Crippen LogP contribution in [-0.2, 0) is 31.7 Å². The summed E-state index contributed by atoms with van der Waals surface area (Å²) in [5.41, 5.74) is -4.19. The Morgan fingerprint density at radius 1 is 1.23 bits per heavy atom. The molecular weight excluding hydrogens is 537 g/mol. The maximum Gasteiger partial charge on any atom is 0.416 e. The quantitative estimate of drug-likeness (QED) is 0.334. The molecule has 2 amide bonds. The summed E-state index contributed by atoms with van der Waals surface area (Å²) in [7, 11) is -4.11. The highest BCUT2D eigenvalue weighted by atomic mass is 32.2. The van der Waals surface area contributed by atoms with Gasteiger partial charge in [0.05, 0.1) is 18.6 Å². The van der Waals surface area contributed by atoms with Crippen molar-refractivity contribution >= 4 is 27.4 Å². The summed E-state index contributed by atoms with van der Waals surface area (Å²) in [6, 6.07) is 6.68. The van der Waals surface area contributed by atoms with Gasteiger partial charge in [0.2, 0.25) is 10.0 Å². The fourth-order valence-electron chi connectivity index (χ4n) is 4.71. The van der Waals surface area contributed by atoms with Crippen LogP contribution in [0.1, 0.15) is 56.7 Å². The lowest BCUT2D eigenvalue weighted by Crippen LogP contribution is -2.59. The maximum atomic E-state index is 14.8. The Bertz CT molecular complexity index is 1360. The lowest BCUT2D eigenvalue weighted by molar-refractivity contribution is -0.202. The lowest BCUT2D eigenvalue weighted by Gasteiger charge is -2.41. The molecule has 1 fully saturated rings. The number of aromatic nitrogens is 2. The van der Waals surface area contributed by atoms with Gasteiger partial charge in [-0.05, 0) is 48.9 Å². The molecular formula is C26H31F3N4O5S. The highest BCUT2D eigenvalue weighted by Crippen LogP contribution is 2.48. The fraction of sp³-hybridized carbons (Fsp3) is 0.500. The van der Waals surface area contributed by atoms with E-state index >= 15 is 0 Å². The molecule has 0 radical (unpaired) electrons. The number of nitrogens with one attached hydrogen (secondary N) is 2. The average Bonchev–Trinajstić information content (AvgIpc) is 3.28. The van der Waals surface area contributed by atoms with Gasteiger partial charge in [0, 0.05) is 24.7 Å². The summed E-state index contributed by atoms with van der Waals surface area (Å²) in [5, 5.41) is 6.36. The Morgan fingerprint density at radius 2 is 1.92 bits per heavy atom. The van der Waals surface area contributed by atoms with Gasteiger partial charge >= 0.3 is 6.18 Å². The zero-order chi connectivity index (χ0) is 28.4. The second-order valence-electron chi connectivity index (χ2n) is 10.0. The number of hydrogen-bond acceptors (Lipinski definition) is 6. The second-order valence-corrected chi connectivity index (χ2v) is 11.8. The van der Waals surface area contributed by atoms with E-state index in [-0.39, 0.29) is 16.8 Å². The van der Waals surface area contributed by atoms with Gasteiger partial charge in [-0.2, -0.15) is 18.3 Å². The first kappa shape index (κ1) is 28.7. The Balaban J connectivity index is 1.78. The zero-order valence-corrected chi connectivity index (χ0v) is 22.5. The number of halogens is 3.